The molecule has 0 fully saturated rings. The van der Waals surface area contributed by atoms with Crippen LogP contribution in [0.1, 0.15) is 69.5 Å². The maximum atomic E-state index is 5.55. The number of nitrogens with zero attached hydrogens (tertiary/aromatic N) is 5. The second-order valence-electron chi connectivity index (χ2n) is 18.4. The normalized spacial score (nSPS) is 12.2. The summed E-state index contributed by atoms with van der Waals surface area (Å²) in [6.45, 7) is 20.3. The number of aryl methyl sites for hydroxylation is 3. The van der Waals surface area contributed by atoms with Crippen LogP contribution in [-0.2, 0) is 31.9 Å². The Morgan fingerprint density at radius 1 is 0.525 bits per heavy atom. The molecule has 0 radical (unpaired) electrons. The monoisotopic (exact) mass is 974 g/mol. The molecular weight excluding hydrogens is 926 g/mol. The average Bonchev–Trinajstić information content (AvgIpc) is 3.88. The first-order chi connectivity index (χ1) is 28.8. The van der Waals surface area contributed by atoms with Gasteiger partial charge >= 0.3 is 21.1 Å². The van der Waals surface area contributed by atoms with E-state index >= 15 is 0 Å². The van der Waals surface area contributed by atoms with Crippen molar-refractivity contribution in [3.05, 3.63) is 174 Å². The van der Waals surface area contributed by atoms with E-state index in [1.54, 1.807) is 0 Å². The zero-order chi connectivity index (χ0) is 41.7. The molecule has 0 unspecified atom stereocenters. The van der Waals surface area contributed by atoms with Gasteiger partial charge in [-0.25, -0.2) is 4.98 Å². The predicted molar refractivity (Wildman–Crippen MR) is 250 cm³/mol. The number of rotatable bonds is 5. The number of fused-ring (bicyclic) bond motifs is 6. The Balaban J connectivity index is 0.00000476. The third-order valence-electron chi connectivity index (χ3n) is 12.0. The van der Waals surface area contributed by atoms with Gasteiger partial charge in [-0.3, -0.25) is 4.68 Å². The molecule has 0 amide bonds. The largest absolute Gasteiger partial charge is 2.00 e. The van der Waals surface area contributed by atoms with Crippen LogP contribution in [0.4, 0.5) is 0 Å². The Morgan fingerprint density at radius 3 is 1.70 bits per heavy atom. The molecule has 0 saturated heterocycles. The molecule has 61 heavy (non-hydrogen) atoms. The van der Waals surface area contributed by atoms with E-state index in [4.69, 9.17) is 10.1 Å². The molecule has 10 rings (SSSR count). The third kappa shape index (κ3) is 6.66. The molecule has 6 aromatic carbocycles. The van der Waals surface area contributed by atoms with Crippen LogP contribution in [0.25, 0.3) is 83.2 Å². The van der Waals surface area contributed by atoms with Crippen LogP contribution < -0.4 is 0 Å². The minimum Gasteiger partial charge on any atom is -0.358 e. The van der Waals surface area contributed by atoms with E-state index in [2.05, 4.69) is 216 Å². The van der Waals surface area contributed by atoms with Crippen molar-refractivity contribution < 1.29 is 21.1 Å². The van der Waals surface area contributed by atoms with Crippen LogP contribution in [-0.4, -0.2) is 23.9 Å². The molecule has 304 valence electrons. The minimum absolute atomic E-state index is 0. The van der Waals surface area contributed by atoms with Crippen LogP contribution in [0.2, 0.25) is 0 Å². The number of hydrogen-bond donors (Lipinski definition) is 0. The fourth-order valence-electron chi connectivity index (χ4n) is 9.41. The molecule has 5 nitrogen and oxygen atoms in total. The van der Waals surface area contributed by atoms with Crippen molar-refractivity contribution in [3.8, 4) is 39.6 Å². The summed E-state index contributed by atoms with van der Waals surface area (Å²) in [7, 11) is 0. The van der Waals surface area contributed by atoms with Gasteiger partial charge in [-0.05, 0) is 89.2 Å². The summed E-state index contributed by atoms with van der Waals surface area (Å²) < 4.78 is 6.76. The molecule has 4 aromatic heterocycles. The molecule has 0 bridgehead atoms. The second-order valence-corrected chi connectivity index (χ2v) is 18.4. The SMILES string of the molecule is Cc1cc(C)c(-c2c(-c3ccccc3)nn(-c3[c-]c4c(cc3)c3ccccc3n4-c3[c-]c4c(cc3)c3ccccc3n4-c3cc(C(C)(C)C)ccn3)c2C(C)(C)C)c(C)c1.[Pt+2]. The summed E-state index contributed by atoms with van der Waals surface area (Å²) in [5.74, 6) is 0.885. The van der Waals surface area contributed by atoms with Gasteiger partial charge in [-0.1, -0.05) is 143 Å². The molecule has 0 N–H and O–H groups in total. The molecule has 0 saturated carbocycles. The molecule has 0 aliphatic carbocycles. The van der Waals surface area contributed by atoms with Crippen LogP contribution in [0.3, 0.4) is 0 Å². The molecule has 0 aliphatic heterocycles. The van der Waals surface area contributed by atoms with Crippen molar-refractivity contribution in [1.82, 2.24) is 23.9 Å². The second kappa shape index (κ2) is 14.9. The molecule has 0 aliphatic rings. The zero-order valence-corrected chi connectivity index (χ0v) is 38.5. The Kier molecular flexibility index (Phi) is 9.83. The number of benzene rings is 6. The van der Waals surface area contributed by atoms with Gasteiger partial charge in [0.05, 0.1) is 5.69 Å². The maximum Gasteiger partial charge on any atom is 2.00 e. The molecular formula is C55H49N5Pt. The summed E-state index contributed by atoms with van der Waals surface area (Å²) in [5, 5.41) is 10.2. The Hall–Kier alpha value is -6.03. The van der Waals surface area contributed by atoms with Gasteiger partial charge in [0.1, 0.15) is 11.5 Å². The quantitative estimate of drug-likeness (QED) is 0.161. The summed E-state index contributed by atoms with van der Waals surface area (Å²) >= 11 is 0. The van der Waals surface area contributed by atoms with E-state index in [0.29, 0.717) is 0 Å². The predicted octanol–water partition coefficient (Wildman–Crippen LogP) is 13.9. The van der Waals surface area contributed by atoms with Crippen molar-refractivity contribution in [1.29, 1.82) is 0 Å². The molecule has 4 heterocycles. The topological polar surface area (TPSA) is 40.6 Å². The van der Waals surface area contributed by atoms with Crippen LogP contribution in [0.5, 0.6) is 0 Å². The van der Waals surface area contributed by atoms with Crippen LogP contribution >= 0.6 is 0 Å². The first-order valence-corrected chi connectivity index (χ1v) is 20.9. The summed E-state index contributed by atoms with van der Waals surface area (Å²) in [6.07, 6.45) is 1.93. The first-order valence-electron chi connectivity index (χ1n) is 20.9. The number of aromatic nitrogens is 5. The van der Waals surface area contributed by atoms with Crippen LogP contribution in [0.15, 0.2) is 134 Å². The van der Waals surface area contributed by atoms with E-state index in [9.17, 15) is 0 Å². The van der Waals surface area contributed by atoms with Crippen molar-refractivity contribution in [2.45, 2.75) is 73.1 Å². The number of pyridine rings is 1. The number of para-hydroxylation sites is 2. The molecule has 10 aromatic rings. The van der Waals surface area contributed by atoms with E-state index in [-0.39, 0.29) is 31.9 Å². The van der Waals surface area contributed by atoms with Crippen LogP contribution in [0, 0.1) is 32.9 Å². The van der Waals surface area contributed by atoms with E-state index in [1.807, 2.05) is 6.20 Å². The Bertz CT molecular complexity index is 3290. The fourth-order valence-corrected chi connectivity index (χ4v) is 9.41. The van der Waals surface area contributed by atoms with Gasteiger partial charge in [-0.15, -0.1) is 35.0 Å². The van der Waals surface area contributed by atoms with Gasteiger partial charge in [0.2, 0.25) is 0 Å². The standard InChI is InChI=1S/C55H49N5.Pt/c1-34-29-35(2)50(36(3)30-34)51-52(37-17-11-10-12-18-37)57-60(53(51)55(7,8)9)40-24-26-43-41-19-13-15-21-45(41)58(47(43)33-40)39-23-25-44-42-20-14-16-22-46(42)59(48(44)32-39)49-31-38(27-28-56-49)54(4,5)6;/h10-31H,1-9H3;/q-2;+2. The summed E-state index contributed by atoms with van der Waals surface area (Å²) in [6, 6.07) is 53.6. The van der Waals surface area contributed by atoms with Gasteiger partial charge in [0.15, 0.2) is 0 Å². The number of hydrogen-bond acceptors (Lipinski definition) is 2. The molecule has 0 atom stereocenters. The van der Waals surface area contributed by atoms with Crippen molar-refractivity contribution in [2.24, 2.45) is 0 Å². The van der Waals surface area contributed by atoms with E-state index in [0.717, 1.165) is 72.4 Å². The van der Waals surface area contributed by atoms with Crippen molar-refractivity contribution in [3.63, 3.8) is 0 Å². The fraction of sp³-hybridized carbons (Fsp3) is 0.200. The maximum absolute atomic E-state index is 5.55. The molecule has 0 spiro atoms. The van der Waals surface area contributed by atoms with Gasteiger partial charge in [0, 0.05) is 33.8 Å². The van der Waals surface area contributed by atoms with Crippen molar-refractivity contribution >= 4 is 43.6 Å². The smallest absolute Gasteiger partial charge is 0.358 e. The first kappa shape index (κ1) is 40.4. The Morgan fingerprint density at radius 2 is 1.08 bits per heavy atom. The van der Waals surface area contributed by atoms with Gasteiger partial charge in [-0.2, -0.15) is 17.2 Å². The third-order valence-corrected chi connectivity index (χ3v) is 12.0. The van der Waals surface area contributed by atoms with E-state index < -0.39 is 0 Å². The van der Waals surface area contributed by atoms with E-state index in [1.165, 1.54) is 38.8 Å². The van der Waals surface area contributed by atoms with Crippen molar-refractivity contribution in [2.75, 3.05) is 0 Å². The Labute approximate surface area is 373 Å². The zero-order valence-electron chi connectivity index (χ0n) is 36.3. The van der Waals surface area contributed by atoms with Gasteiger partial charge < -0.3 is 9.13 Å². The van der Waals surface area contributed by atoms with Gasteiger partial charge in [0.25, 0.3) is 0 Å². The minimum atomic E-state index is -0.265. The summed E-state index contributed by atoms with van der Waals surface area (Å²) in [4.78, 5) is 4.95. The molecule has 6 heteroatoms. The summed E-state index contributed by atoms with van der Waals surface area (Å²) in [5.41, 5.74) is 16.3. The average molecular weight is 975 g/mol.